The molecule has 0 unspecified atom stereocenters. The normalized spacial score (nSPS) is 16.0. The van der Waals surface area contributed by atoms with Crippen molar-refractivity contribution in [1.82, 2.24) is 14.2 Å². The molecule has 8 heteroatoms. The standard InChI is InChI=1S/C17H21N3O4S/c1-13-12-14(24-2)5-6-16(13)25(22,23)20-10-8-19(9-11-20)17(21)15-4-3-7-18-15/h3-7,12,18H,8-11H2,1-2H3. The van der Waals surface area contributed by atoms with Crippen LogP contribution in [0.25, 0.3) is 0 Å². The van der Waals surface area contributed by atoms with E-state index in [-0.39, 0.29) is 23.9 Å². The van der Waals surface area contributed by atoms with E-state index >= 15 is 0 Å². The number of H-pyrrole nitrogens is 1. The third-order valence-electron chi connectivity index (χ3n) is 4.35. The summed E-state index contributed by atoms with van der Waals surface area (Å²) < 4.78 is 32.3. The second-order valence-corrected chi connectivity index (χ2v) is 7.82. The minimum absolute atomic E-state index is 0.109. The summed E-state index contributed by atoms with van der Waals surface area (Å²) in [6.45, 7) is 3.04. The molecule has 3 rings (SSSR count). The highest BCUT2D eigenvalue weighted by molar-refractivity contribution is 7.89. The Morgan fingerprint density at radius 2 is 1.88 bits per heavy atom. The van der Waals surface area contributed by atoms with Gasteiger partial charge in [0.25, 0.3) is 5.91 Å². The van der Waals surface area contributed by atoms with E-state index in [1.807, 2.05) is 0 Å². The number of piperazine rings is 1. The molecule has 0 spiro atoms. The van der Waals surface area contributed by atoms with Crippen LogP contribution in [0.3, 0.4) is 0 Å². The molecule has 1 aliphatic rings. The predicted octanol–water partition coefficient (Wildman–Crippen LogP) is 1.48. The van der Waals surface area contributed by atoms with E-state index in [9.17, 15) is 13.2 Å². The average molecular weight is 363 g/mol. The highest BCUT2D eigenvalue weighted by atomic mass is 32.2. The fourth-order valence-electron chi connectivity index (χ4n) is 2.94. The van der Waals surface area contributed by atoms with Crippen molar-refractivity contribution in [3.8, 4) is 5.75 Å². The molecule has 1 amide bonds. The Morgan fingerprint density at radius 1 is 1.16 bits per heavy atom. The number of rotatable bonds is 4. The fourth-order valence-corrected chi connectivity index (χ4v) is 4.57. The molecular formula is C17H21N3O4S. The van der Waals surface area contributed by atoms with Gasteiger partial charge >= 0.3 is 0 Å². The van der Waals surface area contributed by atoms with Gasteiger partial charge in [-0.3, -0.25) is 4.79 Å². The molecule has 2 aromatic rings. The van der Waals surface area contributed by atoms with Crippen molar-refractivity contribution in [2.75, 3.05) is 33.3 Å². The molecule has 7 nitrogen and oxygen atoms in total. The Kier molecular flexibility index (Phi) is 4.82. The van der Waals surface area contributed by atoms with E-state index in [4.69, 9.17) is 4.74 Å². The Balaban J connectivity index is 1.72. The molecule has 0 saturated carbocycles. The van der Waals surface area contributed by atoms with Crippen molar-refractivity contribution in [2.24, 2.45) is 0 Å². The van der Waals surface area contributed by atoms with Gasteiger partial charge in [-0.1, -0.05) is 0 Å². The lowest BCUT2D eigenvalue weighted by Crippen LogP contribution is -2.50. The van der Waals surface area contributed by atoms with Crippen LogP contribution in [0.2, 0.25) is 0 Å². The number of amides is 1. The number of ether oxygens (including phenoxy) is 1. The molecule has 1 aliphatic heterocycles. The van der Waals surface area contributed by atoms with E-state index in [2.05, 4.69) is 4.98 Å². The SMILES string of the molecule is COc1ccc(S(=O)(=O)N2CCN(C(=O)c3ccc[nH]3)CC2)c(C)c1. The molecule has 1 saturated heterocycles. The van der Waals surface area contributed by atoms with Gasteiger partial charge in [-0.2, -0.15) is 4.31 Å². The van der Waals surface area contributed by atoms with Crippen LogP contribution in [0, 0.1) is 6.92 Å². The topological polar surface area (TPSA) is 82.7 Å². The number of hydrogen-bond donors (Lipinski definition) is 1. The summed E-state index contributed by atoms with van der Waals surface area (Å²) in [4.78, 5) is 17.2. The summed E-state index contributed by atoms with van der Waals surface area (Å²) in [7, 11) is -2.04. The number of aryl methyl sites for hydroxylation is 1. The van der Waals surface area contributed by atoms with E-state index < -0.39 is 10.0 Å². The third-order valence-corrected chi connectivity index (χ3v) is 6.41. The number of nitrogens with one attached hydrogen (secondary N) is 1. The molecule has 0 aliphatic carbocycles. The van der Waals surface area contributed by atoms with Gasteiger partial charge < -0.3 is 14.6 Å². The zero-order valence-electron chi connectivity index (χ0n) is 14.2. The van der Waals surface area contributed by atoms with Crippen LogP contribution in [0.5, 0.6) is 5.75 Å². The Labute approximate surface area is 147 Å². The number of aromatic amines is 1. The lowest BCUT2D eigenvalue weighted by molar-refractivity contribution is 0.0692. The number of carbonyl (C=O) groups is 1. The number of methoxy groups -OCH3 is 1. The van der Waals surface area contributed by atoms with Gasteiger partial charge in [-0.15, -0.1) is 0 Å². The van der Waals surface area contributed by atoms with Crippen molar-refractivity contribution in [1.29, 1.82) is 0 Å². The molecule has 2 heterocycles. The van der Waals surface area contributed by atoms with Gasteiger partial charge in [0.05, 0.1) is 12.0 Å². The van der Waals surface area contributed by atoms with Crippen molar-refractivity contribution < 1.29 is 17.9 Å². The van der Waals surface area contributed by atoms with Crippen molar-refractivity contribution in [2.45, 2.75) is 11.8 Å². The van der Waals surface area contributed by atoms with Crippen LogP contribution in [-0.2, 0) is 10.0 Å². The Hall–Kier alpha value is -2.32. The summed E-state index contributed by atoms with van der Waals surface area (Å²) >= 11 is 0. The molecule has 0 atom stereocenters. The van der Waals surface area contributed by atoms with Gasteiger partial charge in [-0.25, -0.2) is 8.42 Å². The van der Waals surface area contributed by atoms with E-state index in [1.165, 1.54) is 4.31 Å². The number of sulfonamides is 1. The summed E-state index contributed by atoms with van der Waals surface area (Å²) in [5.74, 6) is 0.514. The minimum atomic E-state index is -3.59. The second kappa shape index (κ2) is 6.89. The minimum Gasteiger partial charge on any atom is -0.497 e. The lowest BCUT2D eigenvalue weighted by atomic mass is 10.2. The molecule has 1 aromatic heterocycles. The van der Waals surface area contributed by atoms with Gasteiger partial charge in [0, 0.05) is 32.4 Å². The van der Waals surface area contributed by atoms with Crippen LogP contribution in [-0.4, -0.2) is 61.8 Å². The van der Waals surface area contributed by atoms with Crippen molar-refractivity contribution >= 4 is 15.9 Å². The maximum absolute atomic E-state index is 12.9. The van der Waals surface area contributed by atoms with E-state index in [0.29, 0.717) is 30.1 Å². The van der Waals surface area contributed by atoms with Crippen LogP contribution in [0.4, 0.5) is 0 Å². The first-order chi connectivity index (χ1) is 11.9. The summed E-state index contributed by atoms with van der Waals surface area (Å²) in [6.07, 6.45) is 1.69. The van der Waals surface area contributed by atoms with Crippen molar-refractivity contribution in [3.63, 3.8) is 0 Å². The summed E-state index contributed by atoms with van der Waals surface area (Å²) in [5, 5.41) is 0. The second-order valence-electron chi connectivity index (χ2n) is 5.91. The van der Waals surface area contributed by atoms with Crippen LogP contribution in [0.15, 0.2) is 41.4 Å². The molecule has 1 aromatic carbocycles. The zero-order chi connectivity index (χ0) is 18.0. The number of nitrogens with zero attached hydrogens (tertiary/aromatic N) is 2. The average Bonchev–Trinajstić information content (AvgIpc) is 3.15. The zero-order valence-corrected chi connectivity index (χ0v) is 15.0. The number of hydrogen-bond acceptors (Lipinski definition) is 4. The monoisotopic (exact) mass is 363 g/mol. The van der Waals surface area contributed by atoms with E-state index in [0.717, 1.165) is 0 Å². The number of aromatic nitrogens is 1. The molecule has 134 valence electrons. The van der Waals surface area contributed by atoms with Crippen LogP contribution < -0.4 is 4.74 Å². The lowest BCUT2D eigenvalue weighted by Gasteiger charge is -2.34. The number of carbonyl (C=O) groups excluding carboxylic acids is 1. The van der Waals surface area contributed by atoms with Crippen LogP contribution in [0.1, 0.15) is 16.1 Å². The molecule has 1 fully saturated rings. The predicted molar refractivity (Wildman–Crippen MR) is 93.2 cm³/mol. The van der Waals surface area contributed by atoms with Gasteiger partial charge in [0.1, 0.15) is 11.4 Å². The van der Waals surface area contributed by atoms with Crippen molar-refractivity contribution in [3.05, 3.63) is 47.8 Å². The smallest absolute Gasteiger partial charge is 0.270 e. The first-order valence-electron chi connectivity index (χ1n) is 8.01. The Morgan fingerprint density at radius 3 is 2.44 bits per heavy atom. The van der Waals surface area contributed by atoms with Crippen LogP contribution >= 0.6 is 0 Å². The maximum Gasteiger partial charge on any atom is 0.270 e. The first-order valence-corrected chi connectivity index (χ1v) is 9.45. The first kappa shape index (κ1) is 17.5. The molecule has 0 bridgehead atoms. The van der Waals surface area contributed by atoms with Gasteiger partial charge in [-0.05, 0) is 42.8 Å². The van der Waals surface area contributed by atoms with Gasteiger partial charge in [0.15, 0.2) is 0 Å². The van der Waals surface area contributed by atoms with Gasteiger partial charge in [0.2, 0.25) is 10.0 Å². The fraction of sp³-hybridized carbons (Fsp3) is 0.353. The van der Waals surface area contributed by atoms with E-state index in [1.54, 1.807) is 55.5 Å². The summed E-state index contributed by atoms with van der Waals surface area (Å²) in [6, 6.07) is 8.40. The molecule has 25 heavy (non-hydrogen) atoms. The highest BCUT2D eigenvalue weighted by Crippen LogP contribution is 2.25. The summed E-state index contributed by atoms with van der Waals surface area (Å²) in [5.41, 5.74) is 1.16. The maximum atomic E-state index is 12.9. The quantitative estimate of drug-likeness (QED) is 0.892. The highest BCUT2D eigenvalue weighted by Gasteiger charge is 2.31. The Bertz CT molecular complexity index is 854. The third kappa shape index (κ3) is 3.40. The molecular weight excluding hydrogens is 342 g/mol. The molecule has 1 N–H and O–H groups in total. The largest absolute Gasteiger partial charge is 0.497 e. The number of benzene rings is 1. The molecule has 0 radical (unpaired) electrons.